The van der Waals surface area contributed by atoms with Crippen LogP contribution < -0.4 is 9.03 Å². The first-order valence-electron chi connectivity index (χ1n) is 6.23. The first-order chi connectivity index (χ1) is 10.0. The molecule has 0 saturated carbocycles. The van der Waals surface area contributed by atoms with Gasteiger partial charge in [0.25, 0.3) is 0 Å². The molecule has 0 aliphatic carbocycles. The maximum absolute atomic E-state index is 12.0. The van der Waals surface area contributed by atoms with E-state index in [1.807, 2.05) is 12.1 Å². The third-order valence-electron chi connectivity index (χ3n) is 3.27. The van der Waals surface area contributed by atoms with Gasteiger partial charge < -0.3 is 14.9 Å². The highest BCUT2D eigenvalue weighted by Gasteiger charge is 2.36. The zero-order valence-electron chi connectivity index (χ0n) is 10.9. The van der Waals surface area contributed by atoms with Gasteiger partial charge in [0.1, 0.15) is 12.0 Å². The molecule has 1 aliphatic rings. The lowest BCUT2D eigenvalue weighted by Crippen LogP contribution is -2.30. The smallest absolute Gasteiger partial charge is 0.302 e. The number of phenols is 1. The molecule has 1 fully saturated rings. The van der Waals surface area contributed by atoms with Gasteiger partial charge in [0.2, 0.25) is 0 Å². The number of rotatable bonds is 3. The van der Waals surface area contributed by atoms with Crippen molar-refractivity contribution in [2.45, 2.75) is 6.04 Å². The Morgan fingerprint density at radius 1 is 1.33 bits per heavy atom. The van der Waals surface area contributed by atoms with Crippen molar-refractivity contribution in [3.05, 3.63) is 36.5 Å². The van der Waals surface area contributed by atoms with Crippen molar-refractivity contribution in [3.63, 3.8) is 0 Å². The minimum atomic E-state index is -3.83. The summed E-state index contributed by atoms with van der Waals surface area (Å²) in [5.74, 6) is -0.165. The van der Waals surface area contributed by atoms with Crippen LogP contribution in [-0.2, 0) is 15.0 Å². The average Bonchev–Trinajstić information content (AvgIpc) is 3.07. The van der Waals surface area contributed by atoms with E-state index >= 15 is 0 Å². The van der Waals surface area contributed by atoms with E-state index in [-0.39, 0.29) is 18.0 Å². The van der Waals surface area contributed by atoms with Crippen molar-refractivity contribution >= 4 is 22.2 Å². The molecule has 2 aromatic rings. The van der Waals surface area contributed by atoms with Gasteiger partial charge in [0, 0.05) is 17.5 Å². The zero-order valence-corrected chi connectivity index (χ0v) is 11.7. The summed E-state index contributed by atoms with van der Waals surface area (Å²) >= 11 is 0. The molecule has 0 amide bonds. The van der Waals surface area contributed by atoms with Crippen molar-refractivity contribution in [3.8, 4) is 17.0 Å². The maximum Gasteiger partial charge on any atom is 0.302 e. The second-order valence-corrected chi connectivity index (χ2v) is 6.31. The quantitative estimate of drug-likeness (QED) is 0.723. The molecule has 110 valence electrons. The van der Waals surface area contributed by atoms with Crippen molar-refractivity contribution in [2.75, 3.05) is 10.8 Å². The van der Waals surface area contributed by atoms with Crippen LogP contribution in [0.4, 0.5) is 5.69 Å². The van der Waals surface area contributed by atoms with Crippen molar-refractivity contribution in [2.24, 2.45) is 0 Å². The summed E-state index contributed by atoms with van der Waals surface area (Å²) in [5.41, 5.74) is 1.67. The molecular weight excluding hydrogens is 294 g/mol. The monoisotopic (exact) mass is 307 g/mol. The third-order valence-corrected chi connectivity index (χ3v) is 4.80. The number of carbonyl (C=O) groups is 1. The van der Waals surface area contributed by atoms with E-state index in [1.54, 1.807) is 18.3 Å². The van der Waals surface area contributed by atoms with Crippen LogP contribution in [0, 0.1) is 0 Å². The molecule has 1 unspecified atom stereocenters. The van der Waals surface area contributed by atoms with E-state index < -0.39 is 16.3 Å². The Hall–Kier alpha value is -2.32. The fraction of sp³-hybridized carbons (Fsp3) is 0.154. The Labute approximate surface area is 121 Å². The number of aromatic amines is 1. The Morgan fingerprint density at radius 3 is 2.76 bits per heavy atom. The van der Waals surface area contributed by atoms with Crippen molar-refractivity contribution < 1.29 is 18.3 Å². The van der Waals surface area contributed by atoms with Crippen molar-refractivity contribution in [1.82, 2.24) is 9.71 Å². The first kappa shape index (κ1) is 13.7. The lowest BCUT2D eigenvalue weighted by Gasteiger charge is -2.18. The fourth-order valence-corrected chi connectivity index (χ4v) is 3.67. The van der Waals surface area contributed by atoms with Crippen LogP contribution in [0.1, 0.15) is 0 Å². The van der Waals surface area contributed by atoms with E-state index in [9.17, 15) is 18.3 Å². The summed E-state index contributed by atoms with van der Waals surface area (Å²) in [7, 11) is -3.83. The number of nitrogens with zero attached hydrogens (tertiary/aromatic N) is 1. The summed E-state index contributed by atoms with van der Waals surface area (Å²) < 4.78 is 27.3. The molecule has 0 bridgehead atoms. The summed E-state index contributed by atoms with van der Waals surface area (Å²) in [5, 5.41) is 9.95. The lowest BCUT2D eigenvalue weighted by molar-refractivity contribution is -0.108. The molecule has 2 heterocycles. The normalized spacial score (nSPS) is 20.6. The van der Waals surface area contributed by atoms with Crippen LogP contribution in [0.2, 0.25) is 0 Å². The van der Waals surface area contributed by atoms with Gasteiger partial charge in [-0.05, 0) is 30.3 Å². The van der Waals surface area contributed by atoms with Crippen molar-refractivity contribution in [1.29, 1.82) is 0 Å². The SMILES string of the molecule is O=CC1CN(c2cc(-c3ccc[nH]3)ccc2O)S(=O)(=O)N1. The second kappa shape index (κ2) is 4.90. The number of aromatic hydroxyl groups is 1. The van der Waals surface area contributed by atoms with Gasteiger partial charge >= 0.3 is 10.2 Å². The Bertz CT molecular complexity index is 771. The summed E-state index contributed by atoms with van der Waals surface area (Å²) in [6.45, 7) is -0.0480. The van der Waals surface area contributed by atoms with Gasteiger partial charge in [-0.1, -0.05) is 0 Å². The highest BCUT2D eigenvalue weighted by molar-refractivity contribution is 7.91. The number of H-pyrrole nitrogens is 1. The van der Waals surface area contributed by atoms with Crippen LogP contribution in [0.25, 0.3) is 11.3 Å². The minimum Gasteiger partial charge on any atom is -0.506 e. The summed E-state index contributed by atoms with van der Waals surface area (Å²) in [6.07, 6.45) is 2.28. The van der Waals surface area contributed by atoms with Crippen LogP contribution in [0.5, 0.6) is 5.75 Å². The molecule has 1 aliphatic heterocycles. The Kier molecular flexibility index (Phi) is 3.19. The van der Waals surface area contributed by atoms with Gasteiger partial charge in [-0.15, -0.1) is 0 Å². The number of hydrogen-bond donors (Lipinski definition) is 3. The molecule has 1 aromatic heterocycles. The van der Waals surface area contributed by atoms with E-state index in [1.165, 1.54) is 6.07 Å². The molecular formula is C13H13N3O4S. The number of carbonyl (C=O) groups excluding carboxylic acids is 1. The molecule has 3 rings (SSSR count). The maximum atomic E-state index is 12.0. The topological polar surface area (TPSA) is 102 Å². The van der Waals surface area contributed by atoms with E-state index in [2.05, 4.69) is 9.71 Å². The number of nitrogens with one attached hydrogen (secondary N) is 2. The zero-order chi connectivity index (χ0) is 15.0. The molecule has 1 saturated heterocycles. The third kappa shape index (κ3) is 2.39. The van der Waals surface area contributed by atoms with Crippen LogP contribution in [0.15, 0.2) is 36.5 Å². The fourth-order valence-electron chi connectivity index (χ4n) is 2.27. The van der Waals surface area contributed by atoms with E-state index in [4.69, 9.17) is 0 Å². The Morgan fingerprint density at radius 2 is 2.14 bits per heavy atom. The predicted octanol–water partition coefficient (Wildman–Crippen LogP) is 0.609. The number of hydrogen-bond acceptors (Lipinski definition) is 4. The van der Waals surface area contributed by atoms with Gasteiger partial charge in [0.15, 0.2) is 0 Å². The number of aromatic nitrogens is 1. The van der Waals surface area contributed by atoms with Gasteiger partial charge in [-0.25, -0.2) is 0 Å². The molecule has 1 atom stereocenters. The summed E-state index contributed by atoms with van der Waals surface area (Å²) in [4.78, 5) is 13.8. The highest BCUT2D eigenvalue weighted by atomic mass is 32.2. The number of benzene rings is 1. The molecule has 21 heavy (non-hydrogen) atoms. The first-order valence-corrected chi connectivity index (χ1v) is 7.67. The standard InChI is InChI=1S/C13H13N3O4S/c17-8-10-7-16(21(19,20)15-10)12-6-9(3-4-13(12)18)11-2-1-5-14-11/h1-6,8,10,14-15,18H,7H2. The number of phenolic OH excluding ortho intramolecular Hbond substituents is 1. The second-order valence-electron chi connectivity index (χ2n) is 4.68. The lowest BCUT2D eigenvalue weighted by atomic mass is 10.1. The molecule has 7 nitrogen and oxygen atoms in total. The van der Waals surface area contributed by atoms with E-state index in [0.29, 0.717) is 6.29 Å². The van der Waals surface area contributed by atoms with Crippen LogP contribution >= 0.6 is 0 Å². The summed E-state index contributed by atoms with van der Waals surface area (Å²) in [6, 6.07) is 7.50. The molecule has 8 heteroatoms. The van der Waals surface area contributed by atoms with Gasteiger partial charge in [-0.3, -0.25) is 4.31 Å². The molecule has 1 aromatic carbocycles. The minimum absolute atomic E-state index is 0.0480. The van der Waals surface area contributed by atoms with Crippen LogP contribution in [-0.4, -0.2) is 37.4 Å². The predicted molar refractivity (Wildman–Crippen MR) is 77.1 cm³/mol. The molecule has 0 spiro atoms. The number of aldehydes is 1. The molecule has 0 radical (unpaired) electrons. The Balaban J connectivity index is 2.06. The number of anilines is 1. The van der Waals surface area contributed by atoms with Crippen LogP contribution in [0.3, 0.4) is 0 Å². The molecule has 3 N–H and O–H groups in total. The van der Waals surface area contributed by atoms with E-state index in [0.717, 1.165) is 15.6 Å². The van der Waals surface area contributed by atoms with Gasteiger partial charge in [-0.2, -0.15) is 13.1 Å². The largest absolute Gasteiger partial charge is 0.506 e. The van der Waals surface area contributed by atoms with Gasteiger partial charge in [0.05, 0.1) is 18.3 Å². The average molecular weight is 307 g/mol. The highest BCUT2D eigenvalue weighted by Crippen LogP contribution is 2.34.